The molecule has 1 rings (SSSR count). The molecule has 0 spiro atoms. The number of hydrogen-bond donors (Lipinski definition) is 1. The lowest BCUT2D eigenvalue weighted by atomic mass is 9.95. The average Bonchev–Trinajstić information content (AvgIpc) is 2.21. The van der Waals surface area contributed by atoms with Crippen LogP contribution in [0.1, 0.15) is 46.1 Å². The van der Waals surface area contributed by atoms with E-state index in [-0.39, 0.29) is 5.82 Å². The van der Waals surface area contributed by atoms with Crippen LogP contribution >= 0.6 is 0 Å². The SMILES string of the molecule is Cc1ccc(F)cc1NC(CC(C)C)CC(C)C. The number of aryl methyl sites for hydroxylation is 1. The van der Waals surface area contributed by atoms with E-state index in [1.807, 2.05) is 13.0 Å². The number of nitrogens with one attached hydrogen (secondary N) is 1. The Labute approximate surface area is 111 Å². The van der Waals surface area contributed by atoms with Crippen molar-refractivity contribution in [2.24, 2.45) is 11.8 Å². The van der Waals surface area contributed by atoms with Crippen molar-refractivity contribution in [1.82, 2.24) is 0 Å². The van der Waals surface area contributed by atoms with Crippen molar-refractivity contribution in [3.63, 3.8) is 0 Å². The summed E-state index contributed by atoms with van der Waals surface area (Å²) in [6, 6.07) is 5.37. The molecule has 0 atom stereocenters. The van der Waals surface area contributed by atoms with E-state index in [1.165, 1.54) is 6.07 Å². The van der Waals surface area contributed by atoms with Crippen molar-refractivity contribution in [3.8, 4) is 0 Å². The van der Waals surface area contributed by atoms with Gasteiger partial charge in [0.2, 0.25) is 0 Å². The smallest absolute Gasteiger partial charge is 0.125 e. The van der Waals surface area contributed by atoms with E-state index in [2.05, 4.69) is 33.0 Å². The molecule has 0 unspecified atom stereocenters. The van der Waals surface area contributed by atoms with Crippen LogP contribution in [0.3, 0.4) is 0 Å². The van der Waals surface area contributed by atoms with Crippen LogP contribution in [0, 0.1) is 24.6 Å². The van der Waals surface area contributed by atoms with Crippen molar-refractivity contribution < 1.29 is 4.39 Å². The van der Waals surface area contributed by atoms with Crippen molar-refractivity contribution in [2.75, 3.05) is 5.32 Å². The van der Waals surface area contributed by atoms with Gasteiger partial charge >= 0.3 is 0 Å². The molecule has 1 N–H and O–H groups in total. The molecule has 1 aromatic carbocycles. The van der Waals surface area contributed by atoms with Crippen LogP contribution in [0.15, 0.2) is 18.2 Å². The van der Waals surface area contributed by atoms with E-state index in [4.69, 9.17) is 0 Å². The number of rotatable bonds is 6. The van der Waals surface area contributed by atoms with E-state index in [0.29, 0.717) is 17.9 Å². The predicted octanol–water partition coefficient (Wildman–Crippen LogP) is 5.01. The Morgan fingerprint density at radius 1 is 1.06 bits per heavy atom. The Hall–Kier alpha value is -1.05. The summed E-state index contributed by atoms with van der Waals surface area (Å²) in [5.41, 5.74) is 2.04. The van der Waals surface area contributed by atoms with Gasteiger partial charge in [0.1, 0.15) is 5.82 Å². The van der Waals surface area contributed by atoms with Crippen molar-refractivity contribution >= 4 is 5.69 Å². The van der Waals surface area contributed by atoms with Crippen LogP contribution in [0.5, 0.6) is 0 Å². The van der Waals surface area contributed by atoms with Crippen molar-refractivity contribution in [2.45, 2.75) is 53.5 Å². The van der Waals surface area contributed by atoms with Gasteiger partial charge in [-0.1, -0.05) is 33.8 Å². The zero-order valence-corrected chi connectivity index (χ0v) is 12.3. The molecule has 0 heterocycles. The van der Waals surface area contributed by atoms with E-state index < -0.39 is 0 Å². The van der Waals surface area contributed by atoms with Crippen molar-refractivity contribution in [3.05, 3.63) is 29.6 Å². The second-order valence-electron chi connectivity index (χ2n) is 6.06. The topological polar surface area (TPSA) is 12.0 Å². The molecule has 0 radical (unpaired) electrons. The minimum absolute atomic E-state index is 0.170. The molecule has 1 aromatic rings. The highest BCUT2D eigenvalue weighted by Crippen LogP contribution is 2.22. The van der Waals surface area contributed by atoms with Gasteiger partial charge in [-0.15, -0.1) is 0 Å². The predicted molar refractivity (Wildman–Crippen MR) is 77.5 cm³/mol. The summed E-state index contributed by atoms with van der Waals surface area (Å²) < 4.78 is 13.3. The van der Waals surface area contributed by atoms with Gasteiger partial charge in [0.05, 0.1) is 0 Å². The largest absolute Gasteiger partial charge is 0.382 e. The maximum Gasteiger partial charge on any atom is 0.125 e. The summed E-state index contributed by atoms with van der Waals surface area (Å²) in [7, 11) is 0. The second-order valence-corrected chi connectivity index (χ2v) is 6.06. The van der Waals surface area contributed by atoms with Gasteiger partial charge in [-0.3, -0.25) is 0 Å². The third-order valence-electron chi connectivity index (χ3n) is 3.07. The summed E-state index contributed by atoms with van der Waals surface area (Å²) >= 11 is 0. The fourth-order valence-electron chi connectivity index (χ4n) is 2.32. The first-order valence-electron chi connectivity index (χ1n) is 6.91. The summed E-state index contributed by atoms with van der Waals surface area (Å²) in [6.45, 7) is 10.9. The molecule has 0 amide bonds. The monoisotopic (exact) mass is 251 g/mol. The van der Waals surface area contributed by atoms with Crippen LogP contribution in [-0.2, 0) is 0 Å². The van der Waals surface area contributed by atoms with Crippen LogP contribution in [-0.4, -0.2) is 6.04 Å². The lowest BCUT2D eigenvalue weighted by Crippen LogP contribution is -2.24. The second kappa shape index (κ2) is 6.77. The first kappa shape index (κ1) is 15.0. The van der Waals surface area contributed by atoms with Gasteiger partial charge in [0.15, 0.2) is 0 Å². The average molecular weight is 251 g/mol. The highest BCUT2D eigenvalue weighted by Gasteiger charge is 2.14. The molecule has 102 valence electrons. The summed E-state index contributed by atoms with van der Waals surface area (Å²) in [6.07, 6.45) is 2.24. The van der Waals surface area contributed by atoms with Gasteiger partial charge in [-0.25, -0.2) is 4.39 Å². The first-order chi connectivity index (χ1) is 8.38. The Morgan fingerprint density at radius 3 is 2.11 bits per heavy atom. The molecular weight excluding hydrogens is 225 g/mol. The zero-order chi connectivity index (χ0) is 13.7. The van der Waals surface area contributed by atoms with Gasteiger partial charge in [0, 0.05) is 11.7 Å². The van der Waals surface area contributed by atoms with Crippen molar-refractivity contribution in [1.29, 1.82) is 0 Å². The zero-order valence-electron chi connectivity index (χ0n) is 12.3. The summed E-state index contributed by atoms with van der Waals surface area (Å²) in [4.78, 5) is 0. The normalized spacial score (nSPS) is 11.6. The quantitative estimate of drug-likeness (QED) is 0.749. The van der Waals surface area contributed by atoms with E-state index in [0.717, 1.165) is 24.1 Å². The molecule has 0 aliphatic rings. The number of benzene rings is 1. The van der Waals surface area contributed by atoms with E-state index >= 15 is 0 Å². The lowest BCUT2D eigenvalue weighted by molar-refractivity contribution is 0.442. The number of halogens is 1. The molecule has 0 saturated carbocycles. The van der Waals surface area contributed by atoms with Gasteiger partial charge in [-0.05, 0) is 49.3 Å². The molecule has 18 heavy (non-hydrogen) atoms. The van der Waals surface area contributed by atoms with Gasteiger partial charge < -0.3 is 5.32 Å². The minimum Gasteiger partial charge on any atom is -0.382 e. The van der Waals surface area contributed by atoms with Gasteiger partial charge in [0.25, 0.3) is 0 Å². The third-order valence-corrected chi connectivity index (χ3v) is 3.07. The minimum atomic E-state index is -0.170. The van der Waals surface area contributed by atoms with E-state index in [1.54, 1.807) is 6.07 Å². The Kier molecular flexibility index (Phi) is 5.64. The summed E-state index contributed by atoms with van der Waals surface area (Å²) in [5, 5.41) is 3.51. The van der Waals surface area contributed by atoms with Gasteiger partial charge in [-0.2, -0.15) is 0 Å². The molecule has 0 aromatic heterocycles. The third kappa shape index (κ3) is 5.07. The lowest BCUT2D eigenvalue weighted by Gasteiger charge is -2.24. The standard InChI is InChI=1S/C16H26FN/c1-11(2)8-15(9-12(3)4)18-16-10-14(17)7-6-13(16)5/h6-7,10-12,15,18H,8-9H2,1-5H3. The molecule has 0 fully saturated rings. The summed E-state index contributed by atoms with van der Waals surface area (Å²) in [5.74, 6) is 1.13. The Balaban J connectivity index is 2.77. The molecule has 0 aliphatic heterocycles. The van der Waals surface area contributed by atoms with Crippen LogP contribution in [0.25, 0.3) is 0 Å². The molecule has 1 nitrogen and oxygen atoms in total. The molecular formula is C16H26FN. The first-order valence-corrected chi connectivity index (χ1v) is 6.91. The molecule has 2 heteroatoms. The van der Waals surface area contributed by atoms with E-state index in [9.17, 15) is 4.39 Å². The number of anilines is 1. The van der Waals surface area contributed by atoms with Crippen LogP contribution in [0.2, 0.25) is 0 Å². The Morgan fingerprint density at radius 2 is 1.61 bits per heavy atom. The highest BCUT2D eigenvalue weighted by atomic mass is 19.1. The molecule has 0 saturated heterocycles. The maximum atomic E-state index is 13.3. The maximum absolute atomic E-state index is 13.3. The fourth-order valence-corrected chi connectivity index (χ4v) is 2.32. The molecule has 0 bridgehead atoms. The fraction of sp³-hybridized carbons (Fsp3) is 0.625. The van der Waals surface area contributed by atoms with Crippen LogP contribution < -0.4 is 5.32 Å². The molecule has 0 aliphatic carbocycles. The van der Waals surface area contributed by atoms with Crippen LogP contribution in [0.4, 0.5) is 10.1 Å². The Bertz CT molecular complexity index is 361. The number of hydrogen-bond acceptors (Lipinski definition) is 1. The highest BCUT2D eigenvalue weighted by molar-refractivity contribution is 5.51.